The van der Waals surface area contributed by atoms with Crippen LogP contribution in [0.5, 0.6) is 0 Å². The normalized spacial score (nSPS) is 14.3. The van der Waals surface area contributed by atoms with Crippen LogP contribution < -0.4 is 0 Å². The van der Waals surface area contributed by atoms with E-state index in [4.69, 9.17) is 37.0 Å². The third-order valence-electron chi connectivity index (χ3n) is 16.1. The first-order chi connectivity index (χ1) is 45.7. The number of phosphoric ester groups is 2. The molecule has 0 aromatic rings. The molecule has 94 heavy (non-hydrogen) atoms. The van der Waals surface area contributed by atoms with Crippen molar-refractivity contribution in [3.63, 3.8) is 0 Å². The summed E-state index contributed by atoms with van der Waals surface area (Å²) >= 11 is 0. The van der Waals surface area contributed by atoms with E-state index in [2.05, 4.69) is 64.2 Å². The summed E-state index contributed by atoms with van der Waals surface area (Å²) in [6.07, 6.45) is 65.4. The van der Waals surface area contributed by atoms with Crippen LogP contribution in [0, 0.1) is 0 Å². The number of allylic oxidation sites excluding steroid dienone is 9. The van der Waals surface area contributed by atoms with Crippen LogP contribution in [0.15, 0.2) is 60.8 Å². The summed E-state index contributed by atoms with van der Waals surface area (Å²) in [4.78, 5) is 72.6. The molecule has 0 aromatic heterocycles. The molecule has 3 N–H and O–H groups in total. The van der Waals surface area contributed by atoms with Crippen LogP contribution in [0.25, 0.3) is 0 Å². The van der Waals surface area contributed by atoms with E-state index in [1.807, 2.05) is 18.2 Å². The van der Waals surface area contributed by atoms with Crippen LogP contribution in [0.4, 0.5) is 0 Å². The van der Waals surface area contributed by atoms with Gasteiger partial charge in [0.2, 0.25) is 0 Å². The molecule has 0 spiro atoms. The maximum atomic E-state index is 13.0. The molecule has 0 fully saturated rings. The van der Waals surface area contributed by atoms with E-state index in [0.717, 1.165) is 96.3 Å². The first kappa shape index (κ1) is 90.8. The molecule has 0 aromatic carbocycles. The van der Waals surface area contributed by atoms with Gasteiger partial charge in [-0.3, -0.25) is 37.3 Å². The molecule has 5 unspecified atom stereocenters. The van der Waals surface area contributed by atoms with Crippen LogP contribution in [-0.4, -0.2) is 96.7 Å². The fraction of sp³-hybridized carbons (Fsp3) is 0.813. The Balaban J connectivity index is 5.34. The van der Waals surface area contributed by atoms with E-state index in [-0.39, 0.29) is 25.7 Å². The average molecular weight is 1370 g/mol. The zero-order valence-electron chi connectivity index (χ0n) is 59.6. The van der Waals surface area contributed by atoms with Crippen LogP contribution in [0.1, 0.15) is 336 Å². The molecule has 0 radical (unpaired) electrons. The molecule has 0 aliphatic rings. The van der Waals surface area contributed by atoms with E-state index in [1.54, 1.807) is 6.08 Å². The molecule has 5 atom stereocenters. The zero-order valence-corrected chi connectivity index (χ0v) is 61.4. The monoisotopic (exact) mass is 1370 g/mol. The molecule has 0 aliphatic heterocycles. The summed E-state index contributed by atoms with van der Waals surface area (Å²) in [5.41, 5.74) is 0. The highest BCUT2D eigenvalue weighted by atomic mass is 31.2. The van der Waals surface area contributed by atoms with Gasteiger partial charge in [0.25, 0.3) is 0 Å². The number of carbonyl (C=O) groups is 4. The minimum atomic E-state index is -4.98. The van der Waals surface area contributed by atoms with Crippen LogP contribution >= 0.6 is 15.6 Å². The summed E-state index contributed by atoms with van der Waals surface area (Å²) < 4.78 is 68.3. The van der Waals surface area contributed by atoms with Gasteiger partial charge in [-0.25, -0.2) is 9.13 Å². The molecule has 17 nitrogen and oxygen atoms in total. The summed E-state index contributed by atoms with van der Waals surface area (Å²) in [7, 11) is -9.94. The van der Waals surface area contributed by atoms with Crippen molar-refractivity contribution in [1.82, 2.24) is 0 Å². The topological polar surface area (TPSA) is 237 Å². The second-order valence-electron chi connectivity index (χ2n) is 25.3. The number of aliphatic hydroxyl groups excluding tert-OH is 1. The molecular weight excluding hydrogens is 1230 g/mol. The van der Waals surface area contributed by atoms with Gasteiger partial charge in [0.1, 0.15) is 19.3 Å². The third kappa shape index (κ3) is 67.3. The molecular formula is C75H136O17P2. The van der Waals surface area contributed by atoms with Gasteiger partial charge in [0, 0.05) is 19.3 Å². The quantitative estimate of drug-likeness (QED) is 0.0169. The zero-order chi connectivity index (χ0) is 69.0. The van der Waals surface area contributed by atoms with Crippen molar-refractivity contribution < 1.29 is 80.2 Å². The molecule has 0 saturated carbocycles. The van der Waals surface area contributed by atoms with E-state index in [1.165, 1.54) is 161 Å². The number of hydrogen-bond donors (Lipinski definition) is 3. The molecule has 0 heterocycles. The first-order valence-electron chi connectivity index (χ1n) is 37.5. The minimum absolute atomic E-state index is 0.0655. The number of phosphoric acid groups is 2. The van der Waals surface area contributed by atoms with E-state index < -0.39 is 97.5 Å². The lowest BCUT2D eigenvalue weighted by atomic mass is 10.0. The molecule has 0 rings (SSSR count). The Kier molecular flexibility index (Phi) is 65.9. The van der Waals surface area contributed by atoms with Crippen molar-refractivity contribution in [1.29, 1.82) is 0 Å². The fourth-order valence-corrected chi connectivity index (χ4v) is 11.9. The smallest absolute Gasteiger partial charge is 0.462 e. The second kappa shape index (κ2) is 68.3. The van der Waals surface area contributed by atoms with Gasteiger partial charge in [-0.2, -0.15) is 0 Å². The largest absolute Gasteiger partial charge is 0.472 e. The van der Waals surface area contributed by atoms with Crippen molar-refractivity contribution in [3.05, 3.63) is 60.8 Å². The van der Waals surface area contributed by atoms with Gasteiger partial charge in [0.15, 0.2) is 12.2 Å². The molecule has 0 bridgehead atoms. The molecule has 0 saturated heterocycles. The predicted octanol–water partition coefficient (Wildman–Crippen LogP) is 21.1. The van der Waals surface area contributed by atoms with E-state index in [0.29, 0.717) is 25.7 Å². The van der Waals surface area contributed by atoms with Gasteiger partial charge in [-0.1, -0.05) is 320 Å². The lowest BCUT2D eigenvalue weighted by Gasteiger charge is -2.21. The van der Waals surface area contributed by atoms with Crippen LogP contribution in [-0.2, 0) is 65.4 Å². The highest BCUT2D eigenvalue weighted by Crippen LogP contribution is 2.45. The Morgan fingerprint density at radius 3 is 0.851 bits per heavy atom. The summed E-state index contributed by atoms with van der Waals surface area (Å²) in [6.45, 7) is 4.69. The molecule has 0 amide bonds. The second-order valence-corrected chi connectivity index (χ2v) is 28.2. The Labute approximate surface area is 571 Å². The number of hydrogen-bond acceptors (Lipinski definition) is 15. The number of esters is 4. The predicted molar refractivity (Wildman–Crippen MR) is 381 cm³/mol. The number of unbranched alkanes of at least 4 members (excludes halogenated alkanes) is 36. The number of rotatable bonds is 71. The SMILES string of the molecule is CC/C=C\C/C=C\C/C=C\C/C=C\C/C=C\CC(=O)OCC(COP(=O)(O)OCC(O)COP(=O)(O)OCC(COC(=O)CCCCCCCCCCCCCCCCC)OC(=O)CCCCCCCCCCCCC)OC(=O)CCCCCCCCCCCCCCC. The minimum Gasteiger partial charge on any atom is -0.462 e. The summed E-state index contributed by atoms with van der Waals surface area (Å²) in [6, 6.07) is 0. The standard InChI is InChI=1S/C75H136O17P2/c1-5-9-13-17-21-25-29-32-34-37-40-43-47-51-55-59-72(77)85-65-70(91-74(79)61-57-53-49-45-39-28-24-20-16-12-8-4)67-89-93(81,82)87-63-69(76)64-88-94(83,84)90-68-71(92-75(80)62-58-54-50-46-42-36-31-27-23-19-15-11-7-3)66-86-73(78)60-56-52-48-44-41-38-35-33-30-26-22-18-14-10-6-2/h10,14,22,26,33,35,41,44,52,56,69-71,76H,5-9,11-13,15-21,23-25,27-32,34,36-40,42-43,45-51,53-55,57-68H2,1-4H3,(H,81,82)(H,83,84)/b14-10-,26-22-,35-33-,44-41-,56-52-. The lowest BCUT2D eigenvalue weighted by molar-refractivity contribution is -0.161. The molecule has 19 heteroatoms. The Bertz CT molecular complexity index is 2030. The Hall–Kier alpha value is -3.24. The van der Waals surface area contributed by atoms with Gasteiger partial charge >= 0.3 is 39.5 Å². The fourth-order valence-electron chi connectivity index (χ4n) is 10.4. The van der Waals surface area contributed by atoms with E-state index in [9.17, 15) is 43.2 Å². The molecule has 0 aliphatic carbocycles. The number of aliphatic hydroxyl groups is 1. The van der Waals surface area contributed by atoms with Crippen molar-refractivity contribution in [2.45, 2.75) is 354 Å². The number of carbonyl (C=O) groups excluding carboxylic acids is 4. The summed E-state index contributed by atoms with van der Waals surface area (Å²) in [5.74, 6) is -2.29. The lowest BCUT2D eigenvalue weighted by Crippen LogP contribution is -2.30. The van der Waals surface area contributed by atoms with Gasteiger partial charge in [-0.05, 0) is 51.4 Å². The van der Waals surface area contributed by atoms with Crippen LogP contribution in [0.3, 0.4) is 0 Å². The van der Waals surface area contributed by atoms with Crippen molar-refractivity contribution >= 4 is 39.5 Å². The van der Waals surface area contributed by atoms with Crippen LogP contribution in [0.2, 0.25) is 0 Å². The third-order valence-corrected chi connectivity index (χ3v) is 18.0. The van der Waals surface area contributed by atoms with Gasteiger partial charge < -0.3 is 33.8 Å². The van der Waals surface area contributed by atoms with Gasteiger partial charge in [0.05, 0.1) is 32.8 Å². The maximum absolute atomic E-state index is 13.0. The van der Waals surface area contributed by atoms with Crippen molar-refractivity contribution in [2.75, 3.05) is 39.6 Å². The van der Waals surface area contributed by atoms with Crippen molar-refractivity contribution in [2.24, 2.45) is 0 Å². The first-order valence-corrected chi connectivity index (χ1v) is 40.5. The highest BCUT2D eigenvalue weighted by molar-refractivity contribution is 7.47. The maximum Gasteiger partial charge on any atom is 0.472 e. The Morgan fingerprint density at radius 1 is 0.309 bits per heavy atom. The number of ether oxygens (including phenoxy) is 4. The molecule has 548 valence electrons. The Morgan fingerprint density at radius 2 is 0.553 bits per heavy atom. The highest BCUT2D eigenvalue weighted by Gasteiger charge is 2.30. The van der Waals surface area contributed by atoms with Gasteiger partial charge in [-0.15, -0.1) is 0 Å². The summed E-state index contributed by atoms with van der Waals surface area (Å²) in [5, 5.41) is 10.6. The average Bonchev–Trinajstić information content (AvgIpc) is 1.55. The van der Waals surface area contributed by atoms with Crippen molar-refractivity contribution in [3.8, 4) is 0 Å². The van der Waals surface area contributed by atoms with E-state index >= 15 is 0 Å².